The summed E-state index contributed by atoms with van der Waals surface area (Å²) in [7, 11) is 0. The first-order valence-corrected chi connectivity index (χ1v) is 5.16. The lowest BCUT2D eigenvalue weighted by Crippen LogP contribution is -2.11. The third kappa shape index (κ3) is 2.76. The van der Waals surface area contributed by atoms with Crippen LogP contribution in [0.3, 0.4) is 0 Å². The van der Waals surface area contributed by atoms with Crippen molar-refractivity contribution in [2.75, 3.05) is 0 Å². The smallest absolute Gasteiger partial charge is 0.356 e. The van der Waals surface area contributed by atoms with Crippen LogP contribution in [-0.4, -0.2) is 21.2 Å². The van der Waals surface area contributed by atoms with E-state index >= 15 is 0 Å². The monoisotopic (exact) mass is 247 g/mol. The first kappa shape index (κ1) is 13.5. The highest BCUT2D eigenvalue weighted by Crippen LogP contribution is 2.16. The van der Waals surface area contributed by atoms with Crippen LogP contribution < -0.4 is 5.43 Å². The zero-order valence-electron chi connectivity index (χ0n) is 9.80. The first-order chi connectivity index (χ1) is 8.51. The summed E-state index contributed by atoms with van der Waals surface area (Å²) in [4.78, 5) is 24.8. The van der Waals surface area contributed by atoms with Crippen LogP contribution in [0.5, 0.6) is 5.75 Å². The molecule has 0 saturated carbocycles. The number of carbonyl (C=O) groups is 1. The molecule has 1 heterocycles. The molecule has 1 aromatic rings. The van der Waals surface area contributed by atoms with Crippen molar-refractivity contribution in [1.29, 1.82) is 0 Å². The number of aromatic nitrogens is 1. The van der Waals surface area contributed by atoms with Gasteiger partial charge in [0.1, 0.15) is 0 Å². The number of hydrogen-bond acceptors (Lipinski definition) is 3. The maximum Gasteiger partial charge on any atom is 0.356 e. The highest BCUT2D eigenvalue weighted by Gasteiger charge is 2.15. The number of carboxylic acid groups (broad SMARTS) is 1. The van der Waals surface area contributed by atoms with Crippen LogP contribution in [0.2, 0.25) is 0 Å². The molecule has 0 unspecified atom stereocenters. The molecule has 0 atom stereocenters. The van der Waals surface area contributed by atoms with Crippen molar-refractivity contribution in [2.24, 2.45) is 0 Å². The number of pyridine rings is 1. The van der Waals surface area contributed by atoms with Gasteiger partial charge in [-0.25, -0.2) is 4.79 Å². The van der Waals surface area contributed by atoms with E-state index in [4.69, 9.17) is 5.11 Å². The van der Waals surface area contributed by atoms with Gasteiger partial charge in [0.2, 0.25) is 5.43 Å². The highest BCUT2D eigenvalue weighted by atomic mass is 16.4. The Labute approximate surface area is 103 Å². The predicted molar refractivity (Wildman–Crippen MR) is 68.7 cm³/mol. The summed E-state index contributed by atoms with van der Waals surface area (Å²) >= 11 is 0. The maximum absolute atomic E-state index is 11.4. The molecule has 0 aromatic carbocycles. The normalized spacial score (nSPS) is 11.7. The second-order valence-electron chi connectivity index (χ2n) is 3.43. The lowest BCUT2D eigenvalue weighted by Gasteiger charge is -2.05. The lowest BCUT2D eigenvalue weighted by atomic mass is 10.1. The molecule has 5 nitrogen and oxygen atoms in total. The highest BCUT2D eigenvalue weighted by molar-refractivity contribution is 5.89. The zero-order valence-corrected chi connectivity index (χ0v) is 9.80. The average molecular weight is 247 g/mol. The van der Waals surface area contributed by atoms with E-state index in [1.807, 2.05) is 6.92 Å². The van der Waals surface area contributed by atoms with Gasteiger partial charge in [-0.1, -0.05) is 30.9 Å². The van der Waals surface area contributed by atoms with Crippen LogP contribution in [-0.2, 0) is 0 Å². The van der Waals surface area contributed by atoms with E-state index in [0.717, 1.165) is 6.07 Å². The zero-order chi connectivity index (χ0) is 13.7. The van der Waals surface area contributed by atoms with Gasteiger partial charge in [-0.2, -0.15) is 0 Å². The van der Waals surface area contributed by atoms with Gasteiger partial charge in [-0.15, -0.1) is 0 Å². The van der Waals surface area contributed by atoms with E-state index in [1.165, 1.54) is 6.08 Å². The summed E-state index contributed by atoms with van der Waals surface area (Å²) in [5.41, 5.74) is -0.462. The van der Waals surface area contributed by atoms with E-state index in [9.17, 15) is 14.7 Å². The molecule has 0 radical (unpaired) electrons. The fourth-order valence-electron chi connectivity index (χ4n) is 1.33. The lowest BCUT2D eigenvalue weighted by molar-refractivity contribution is 0.0686. The molecule has 94 valence electrons. The summed E-state index contributed by atoms with van der Waals surface area (Å²) in [6.07, 6.45) is 6.65. The fraction of sp³-hybridized carbons (Fsp3) is 0.0769. The summed E-state index contributed by atoms with van der Waals surface area (Å²) in [5.74, 6) is -2.21. The molecule has 18 heavy (non-hydrogen) atoms. The molecular weight excluding hydrogens is 234 g/mol. The van der Waals surface area contributed by atoms with Crippen molar-refractivity contribution < 1.29 is 15.0 Å². The van der Waals surface area contributed by atoms with E-state index in [1.54, 1.807) is 18.2 Å². The van der Waals surface area contributed by atoms with Gasteiger partial charge in [-0.3, -0.25) is 4.79 Å². The number of H-pyrrole nitrogens is 1. The third-order valence-corrected chi connectivity index (χ3v) is 2.22. The Morgan fingerprint density at radius 1 is 1.50 bits per heavy atom. The average Bonchev–Trinajstić information content (AvgIpc) is 2.33. The summed E-state index contributed by atoms with van der Waals surface area (Å²) in [5, 5.41) is 18.2. The largest absolute Gasteiger partial charge is 0.502 e. The quantitative estimate of drug-likeness (QED) is 0.709. The van der Waals surface area contributed by atoms with E-state index < -0.39 is 22.8 Å². The molecule has 0 amide bonds. The Bertz CT molecular complexity index is 593. The molecule has 0 saturated heterocycles. The van der Waals surface area contributed by atoms with Gasteiger partial charge in [0.05, 0.1) is 5.69 Å². The molecule has 3 N–H and O–H groups in total. The van der Waals surface area contributed by atoms with Crippen LogP contribution in [0.15, 0.2) is 41.7 Å². The minimum atomic E-state index is -1.40. The molecule has 1 aromatic heterocycles. The van der Waals surface area contributed by atoms with Crippen LogP contribution in [0.4, 0.5) is 0 Å². The van der Waals surface area contributed by atoms with Crippen molar-refractivity contribution in [3.05, 3.63) is 58.6 Å². The van der Waals surface area contributed by atoms with E-state index in [2.05, 4.69) is 11.6 Å². The Morgan fingerprint density at radius 2 is 2.17 bits per heavy atom. The summed E-state index contributed by atoms with van der Waals surface area (Å²) in [6.45, 7) is 5.40. The Balaban J connectivity index is 3.47. The van der Waals surface area contributed by atoms with Crippen molar-refractivity contribution in [1.82, 2.24) is 4.98 Å². The summed E-state index contributed by atoms with van der Waals surface area (Å²) in [6, 6.07) is 1.12. The molecule has 0 aliphatic carbocycles. The SMILES string of the molecule is C=C/C(=C\C=C/C)c1cc(=O)c(O)c(C(=O)O)[nH]1. The topological polar surface area (TPSA) is 90.4 Å². The van der Waals surface area contributed by atoms with Crippen LogP contribution in [0.1, 0.15) is 23.1 Å². The second kappa shape index (κ2) is 5.67. The van der Waals surface area contributed by atoms with Crippen molar-refractivity contribution in [3.8, 4) is 5.75 Å². The van der Waals surface area contributed by atoms with Gasteiger partial charge in [-0.05, 0) is 12.5 Å². The number of aromatic hydroxyl groups is 1. The molecule has 0 spiro atoms. The number of hydrogen-bond donors (Lipinski definition) is 3. The van der Waals surface area contributed by atoms with Gasteiger partial charge >= 0.3 is 5.97 Å². The Morgan fingerprint density at radius 3 is 2.67 bits per heavy atom. The number of carboxylic acids is 1. The fourth-order valence-corrected chi connectivity index (χ4v) is 1.33. The van der Waals surface area contributed by atoms with Crippen molar-refractivity contribution in [3.63, 3.8) is 0 Å². The van der Waals surface area contributed by atoms with Crippen molar-refractivity contribution >= 4 is 11.5 Å². The number of aromatic amines is 1. The molecule has 0 aliphatic rings. The number of aromatic carboxylic acids is 1. The molecule has 0 aliphatic heterocycles. The minimum Gasteiger partial charge on any atom is -0.502 e. The van der Waals surface area contributed by atoms with Gasteiger partial charge < -0.3 is 15.2 Å². The van der Waals surface area contributed by atoms with Gasteiger partial charge in [0, 0.05) is 6.07 Å². The van der Waals surface area contributed by atoms with Crippen LogP contribution >= 0.6 is 0 Å². The van der Waals surface area contributed by atoms with Gasteiger partial charge in [0.25, 0.3) is 0 Å². The van der Waals surface area contributed by atoms with E-state index in [0.29, 0.717) is 5.57 Å². The van der Waals surface area contributed by atoms with Crippen LogP contribution in [0.25, 0.3) is 5.57 Å². The standard InChI is InChI=1S/C13H13NO4/c1-3-5-6-8(4-2)9-7-10(15)12(16)11(14-9)13(17)18/h3-7,16H,2H2,1H3,(H,14,15)(H,17,18)/b5-3-,8-6+. The van der Waals surface area contributed by atoms with Gasteiger partial charge in [0.15, 0.2) is 11.4 Å². The molecule has 0 bridgehead atoms. The first-order valence-electron chi connectivity index (χ1n) is 5.16. The Kier molecular flexibility index (Phi) is 4.26. The molecule has 5 heteroatoms. The molecular formula is C13H13NO4. The number of nitrogens with one attached hydrogen (secondary N) is 1. The maximum atomic E-state index is 11.4. The number of allylic oxidation sites excluding steroid dienone is 5. The Hall–Kier alpha value is -2.56. The third-order valence-electron chi connectivity index (χ3n) is 2.22. The predicted octanol–water partition coefficient (Wildman–Crippen LogP) is 1.92. The molecule has 0 fully saturated rings. The van der Waals surface area contributed by atoms with Crippen molar-refractivity contribution in [2.45, 2.75) is 6.92 Å². The second-order valence-corrected chi connectivity index (χ2v) is 3.43. The van der Waals surface area contributed by atoms with Crippen LogP contribution in [0, 0.1) is 0 Å². The van der Waals surface area contributed by atoms with E-state index in [-0.39, 0.29) is 5.69 Å². The summed E-state index contributed by atoms with van der Waals surface area (Å²) < 4.78 is 0. The number of rotatable bonds is 4. The molecule has 1 rings (SSSR count). The minimum absolute atomic E-state index is 0.281.